The lowest BCUT2D eigenvalue weighted by Crippen LogP contribution is -2.20. The number of aromatic nitrogens is 2. The van der Waals surface area contributed by atoms with E-state index in [0.29, 0.717) is 11.5 Å². The first kappa shape index (κ1) is 14.5. The van der Waals surface area contributed by atoms with Crippen LogP contribution < -0.4 is 5.76 Å². The lowest BCUT2D eigenvalue weighted by molar-refractivity contribution is 0.148. The molecule has 1 unspecified atom stereocenters. The second-order valence-corrected chi connectivity index (χ2v) is 5.67. The molecule has 0 aliphatic carbocycles. The molecule has 20 heavy (non-hydrogen) atoms. The Morgan fingerprint density at radius 2 is 1.95 bits per heavy atom. The van der Waals surface area contributed by atoms with Gasteiger partial charge in [-0.1, -0.05) is 32.9 Å². The van der Waals surface area contributed by atoms with Crippen molar-refractivity contribution in [3.05, 3.63) is 52.1 Å². The van der Waals surface area contributed by atoms with Gasteiger partial charge in [0.15, 0.2) is 0 Å². The van der Waals surface area contributed by atoms with E-state index >= 15 is 0 Å². The molecule has 0 fully saturated rings. The normalized spacial score (nSPS) is 13.4. The second-order valence-electron chi connectivity index (χ2n) is 5.67. The maximum atomic E-state index is 12.8. The highest BCUT2D eigenvalue weighted by Crippen LogP contribution is 2.19. The van der Waals surface area contributed by atoms with Gasteiger partial charge in [0.2, 0.25) is 5.89 Å². The van der Waals surface area contributed by atoms with Gasteiger partial charge in [-0.3, -0.25) is 0 Å². The maximum Gasteiger partial charge on any atom is 0.437 e. The molecule has 1 aromatic heterocycles. The fourth-order valence-corrected chi connectivity index (χ4v) is 1.68. The van der Waals surface area contributed by atoms with Crippen LogP contribution in [0.3, 0.4) is 0 Å². The van der Waals surface area contributed by atoms with Crippen molar-refractivity contribution in [3.63, 3.8) is 0 Å². The van der Waals surface area contributed by atoms with Crippen molar-refractivity contribution in [3.8, 4) is 0 Å². The summed E-state index contributed by atoms with van der Waals surface area (Å²) in [5, 5.41) is 14.1. The Bertz CT molecular complexity index is 638. The second kappa shape index (κ2) is 5.20. The third-order valence-corrected chi connectivity index (χ3v) is 2.85. The molecule has 0 saturated carbocycles. The van der Waals surface area contributed by atoms with Crippen LogP contribution in [0.2, 0.25) is 0 Å². The Balaban J connectivity index is 2.20. The number of aliphatic hydroxyl groups is 1. The summed E-state index contributed by atoms with van der Waals surface area (Å²) in [6.07, 6.45) is -0.953. The van der Waals surface area contributed by atoms with Crippen molar-refractivity contribution in [1.29, 1.82) is 0 Å². The number of nitrogens with zero attached hydrogens (tertiary/aromatic N) is 2. The molecule has 0 amide bonds. The summed E-state index contributed by atoms with van der Waals surface area (Å²) in [6, 6.07) is 5.45. The van der Waals surface area contributed by atoms with Gasteiger partial charge in [0.1, 0.15) is 5.82 Å². The Morgan fingerprint density at radius 3 is 2.45 bits per heavy atom. The van der Waals surface area contributed by atoms with Crippen LogP contribution in [0.4, 0.5) is 4.39 Å². The predicted octanol–water partition coefficient (Wildman–Crippen LogP) is 2.01. The van der Waals surface area contributed by atoms with E-state index in [2.05, 4.69) is 5.10 Å². The quantitative estimate of drug-likeness (QED) is 0.933. The van der Waals surface area contributed by atoms with E-state index in [9.17, 15) is 14.3 Å². The summed E-state index contributed by atoms with van der Waals surface area (Å²) in [4.78, 5) is 11.7. The van der Waals surface area contributed by atoms with Crippen LogP contribution in [-0.2, 0) is 12.0 Å². The van der Waals surface area contributed by atoms with Crippen LogP contribution in [-0.4, -0.2) is 14.9 Å². The minimum atomic E-state index is -0.953. The topological polar surface area (TPSA) is 68.3 Å². The number of hydrogen-bond acceptors (Lipinski definition) is 4. The van der Waals surface area contributed by atoms with Gasteiger partial charge in [-0.2, -0.15) is 4.68 Å². The van der Waals surface area contributed by atoms with Gasteiger partial charge < -0.3 is 9.52 Å². The minimum absolute atomic E-state index is 0.0377. The molecule has 0 aliphatic heterocycles. The smallest absolute Gasteiger partial charge is 0.392 e. The predicted molar refractivity (Wildman–Crippen MR) is 70.8 cm³/mol. The molecular weight excluding hydrogens is 263 g/mol. The summed E-state index contributed by atoms with van der Waals surface area (Å²) < 4.78 is 18.9. The number of benzene rings is 1. The zero-order chi connectivity index (χ0) is 14.9. The van der Waals surface area contributed by atoms with Gasteiger partial charge in [-0.05, 0) is 17.7 Å². The van der Waals surface area contributed by atoms with E-state index in [4.69, 9.17) is 4.42 Å². The minimum Gasteiger partial charge on any atom is -0.392 e. The molecule has 6 heteroatoms. The third kappa shape index (κ3) is 3.14. The lowest BCUT2D eigenvalue weighted by atomic mass is 9.97. The molecular formula is C14H17FN2O3. The summed E-state index contributed by atoms with van der Waals surface area (Å²) in [7, 11) is 0. The van der Waals surface area contributed by atoms with Crippen LogP contribution in [0.5, 0.6) is 0 Å². The average molecular weight is 280 g/mol. The first-order chi connectivity index (χ1) is 9.27. The summed E-state index contributed by atoms with van der Waals surface area (Å²) in [5.74, 6) is -0.681. The van der Waals surface area contributed by atoms with Crippen molar-refractivity contribution in [2.24, 2.45) is 0 Å². The van der Waals surface area contributed by atoms with E-state index in [1.165, 1.54) is 24.3 Å². The SMILES string of the molecule is CC(C)(C)c1nn(CC(O)c2ccc(F)cc2)c(=O)o1. The Kier molecular flexibility index (Phi) is 3.76. The average Bonchev–Trinajstić information content (AvgIpc) is 2.71. The molecule has 0 spiro atoms. The van der Waals surface area contributed by atoms with Gasteiger partial charge >= 0.3 is 5.76 Å². The third-order valence-electron chi connectivity index (χ3n) is 2.85. The number of aliphatic hydroxyl groups excluding tert-OH is 1. The molecule has 1 aromatic carbocycles. The van der Waals surface area contributed by atoms with Crippen molar-refractivity contribution in [2.45, 2.75) is 38.8 Å². The standard InChI is InChI=1S/C14H17FN2O3/c1-14(2,3)12-16-17(13(19)20-12)8-11(18)9-4-6-10(15)7-5-9/h4-7,11,18H,8H2,1-3H3. The molecule has 1 atom stereocenters. The summed E-state index contributed by atoms with van der Waals surface area (Å²) >= 11 is 0. The molecule has 2 rings (SSSR count). The monoisotopic (exact) mass is 280 g/mol. The Hall–Kier alpha value is -1.95. The zero-order valence-corrected chi connectivity index (χ0v) is 11.6. The summed E-state index contributed by atoms with van der Waals surface area (Å²) in [5.41, 5.74) is 0.129. The number of rotatable bonds is 3. The molecule has 0 bridgehead atoms. The molecule has 2 aromatic rings. The maximum absolute atomic E-state index is 12.8. The van der Waals surface area contributed by atoms with Crippen LogP contribution in [0, 0.1) is 5.82 Å². The first-order valence-corrected chi connectivity index (χ1v) is 6.29. The van der Waals surface area contributed by atoms with E-state index < -0.39 is 11.9 Å². The molecule has 5 nitrogen and oxygen atoms in total. The van der Waals surface area contributed by atoms with Crippen LogP contribution >= 0.6 is 0 Å². The van der Waals surface area contributed by atoms with Crippen LogP contribution in [0.15, 0.2) is 33.5 Å². The first-order valence-electron chi connectivity index (χ1n) is 6.29. The van der Waals surface area contributed by atoms with Crippen LogP contribution in [0.25, 0.3) is 0 Å². The van der Waals surface area contributed by atoms with Crippen molar-refractivity contribution in [2.75, 3.05) is 0 Å². The molecule has 0 aliphatic rings. The van der Waals surface area contributed by atoms with Crippen molar-refractivity contribution >= 4 is 0 Å². The number of halogens is 1. The fraction of sp³-hybridized carbons (Fsp3) is 0.429. The molecule has 108 valence electrons. The molecule has 0 radical (unpaired) electrons. The Morgan fingerprint density at radius 1 is 1.35 bits per heavy atom. The zero-order valence-electron chi connectivity index (χ0n) is 11.6. The van der Waals surface area contributed by atoms with E-state index in [0.717, 1.165) is 4.68 Å². The highest BCUT2D eigenvalue weighted by molar-refractivity contribution is 5.18. The molecule has 1 N–H and O–H groups in total. The highest BCUT2D eigenvalue weighted by atomic mass is 19.1. The summed E-state index contributed by atoms with van der Waals surface area (Å²) in [6.45, 7) is 5.58. The van der Waals surface area contributed by atoms with Gasteiger partial charge in [-0.15, -0.1) is 5.10 Å². The van der Waals surface area contributed by atoms with E-state index in [1.807, 2.05) is 20.8 Å². The fourth-order valence-electron chi connectivity index (χ4n) is 1.68. The van der Waals surface area contributed by atoms with E-state index in [1.54, 1.807) is 0 Å². The van der Waals surface area contributed by atoms with Crippen molar-refractivity contribution < 1.29 is 13.9 Å². The Labute approximate surface area is 115 Å². The highest BCUT2D eigenvalue weighted by Gasteiger charge is 2.23. The largest absolute Gasteiger partial charge is 0.437 e. The van der Waals surface area contributed by atoms with E-state index in [-0.39, 0.29) is 17.8 Å². The van der Waals surface area contributed by atoms with Crippen LogP contribution in [0.1, 0.15) is 38.3 Å². The van der Waals surface area contributed by atoms with Gasteiger partial charge in [0.25, 0.3) is 0 Å². The molecule has 1 heterocycles. The van der Waals surface area contributed by atoms with Gasteiger partial charge in [-0.25, -0.2) is 9.18 Å². The van der Waals surface area contributed by atoms with Gasteiger partial charge in [0, 0.05) is 5.41 Å². The van der Waals surface area contributed by atoms with Gasteiger partial charge in [0.05, 0.1) is 12.6 Å². The van der Waals surface area contributed by atoms with Crippen molar-refractivity contribution in [1.82, 2.24) is 9.78 Å². The number of hydrogen-bond donors (Lipinski definition) is 1. The lowest BCUT2D eigenvalue weighted by Gasteiger charge is -2.12. The molecule has 0 saturated heterocycles.